The molecule has 0 N–H and O–H groups in total. The van der Waals surface area contributed by atoms with E-state index in [1.165, 1.54) is 6.42 Å². The number of hydrogen-bond donors (Lipinski definition) is 0. The van der Waals surface area contributed by atoms with Gasteiger partial charge in [0.15, 0.2) is 0 Å². The maximum absolute atomic E-state index is 6.21. The number of aromatic nitrogens is 3. The van der Waals surface area contributed by atoms with Crippen LogP contribution < -0.4 is 4.74 Å². The van der Waals surface area contributed by atoms with Crippen molar-refractivity contribution in [3.8, 4) is 16.9 Å². The molecule has 3 aromatic rings. The molecule has 0 unspecified atom stereocenters. The summed E-state index contributed by atoms with van der Waals surface area (Å²) in [5.41, 5.74) is 3.24. The second-order valence-electron chi connectivity index (χ2n) is 6.05. The quantitative estimate of drug-likeness (QED) is 0.736. The highest BCUT2D eigenvalue weighted by Gasteiger charge is 2.21. The van der Waals surface area contributed by atoms with Crippen molar-refractivity contribution in [1.29, 1.82) is 0 Å². The van der Waals surface area contributed by atoms with Gasteiger partial charge in [0, 0.05) is 35.8 Å². The van der Waals surface area contributed by atoms with E-state index in [9.17, 15) is 0 Å². The van der Waals surface area contributed by atoms with Gasteiger partial charge in [0.05, 0.1) is 18.0 Å². The van der Waals surface area contributed by atoms with Gasteiger partial charge in [-0.25, -0.2) is 0 Å². The number of nitrogens with zero attached hydrogens (tertiary/aromatic N) is 3. The van der Waals surface area contributed by atoms with Crippen LogP contribution in [-0.4, -0.2) is 20.9 Å². The van der Waals surface area contributed by atoms with E-state index in [0.29, 0.717) is 6.10 Å². The fraction of sp³-hybridized carbons (Fsp3) is 0.333. The number of pyridine rings is 1. The van der Waals surface area contributed by atoms with Crippen molar-refractivity contribution in [2.45, 2.75) is 32.3 Å². The standard InChI is InChI=1S/C18H19N3O/c1-12-18(22-16-4-3-5-16)17-8-13(6-7-14(17)9-19-12)15-10-20-21(2)11-15/h6-11,16H,3-5H2,1-2H3. The minimum absolute atomic E-state index is 0.355. The highest BCUT2D eigenvalue weighted by Crippen LogP contribution is 2.35. The average Bonchev–Trinajstić information content (AvgIpc) is 2.90. The Balaban J connectivity index is 1.83. The van der Waals surface area contributed by atoms with E-state index < -0.39 is 0 Å². The zero-order valence-electron chi connectivity index (χ0n) is 12.9. The van der Waals surface area contributed by atoms with Crippen molar-refractivity contribution < 1.29 is 4.74 Å². The molecular formula is C18H19N3O. The minimum atomic E-state index is 0.355. The molecule has 0 radical (unpaired) electrons. The summed E-state index contributed by atoms with van der Waals surface area (Å²) in [4.78, 5) is 4.48. The maximum Gasteiger partial charge on any atom is 0.148 e. The van der Waals surface area contributed by atoms with Crippen LogP contribution in [-0.2, 0) is 7.05 Å². The van der Waals surface area contributed by atoms with E-state index in [2.05, 4.69) is 28.3 Å². The topological polar surface area (TPSA) is 39.9 Å². The summed E-state index contributed by atoms with van der Waals surface area (Å²) in [5, 5.41) is 6.51. The van der Waals surface area contributed by atoms with E-state index in [4.69, 9.17) is 4.74 Å². The van der Waals surface area contributed by atoms with Crippen molar-refractivity contribution in [2.24, 2.45) is 7.05 Å². The Kier molecular flexibility index (Phi) is 3.10. The van der Waals surface area contributed by atoms with Crippen LogP contribution in [0.5, 0.6) is 5.75 Å². The average molecular weight is 293 g/mol. The lowest BCUT2D eigenvalue weighted by Crippen LogP contribution is -2.25. The van der Waals surface area contributed by atoms with Crippen LogP contribution in [0.1, 0.15) is 25.0 Å². The Morgan fingerprint density at radius 2 is 2.05 bits per heavy atom. The predicted molar refractivity (Wildman–Crippen MR) is 86.9 cm³/mol. The molecule has 4 heteroatoms. The first kappa shape index (κ1) is 13.3. The van der Waals surface area contributed by atoms with Gasteiger partial charge in [-0.2, -0.15) is 5.10 Å². The summed E-state index contributed by atoms with van der Waals surface area (Å²) >= 11 is 0. The summed E-state index contributed by atoms with van der Waals surface area (Å²) in [6, 6.07) is 6.41. The number of fused-ring (bicyclic) bond motifs is 1. The fourth-order valence-corrected chi connectivity index (χ4v) is 2.84. The molecule has 0 aliphatic heterocycles. The number of aryl methyl sites for hydroxylation is 2. The van der Waals surface area contributed by atoms with E-state index in [1.807, 2.05) is 37.2 Å². The van der Waals surface area contributed by atoms with Crippen molar-refractivity contribution >= 4 is 10.8 Å². The maximum atomic E-state index is 6.21. The number of ether oxygens (including phenoxy) is 1. The molecule has 0 saturated heterocycles. The van der Waals surface area contributed by atoms with Gasteiger partial charge >= 0.3 is 0 Å². The van der Waals surface area contributed by atoms with Crippen LogP contribution in [0.15, 0.2) is 36.8 Å². The molecule has 1 aliphatic rings. The van der Waals surface area contributed by atoms with E-state index in [-0.39, 0.29) is 0 Å². The highest BCUT2D eigenvalue weighted by atomic mass is 16.5. The molecule has 0 amide bonds. The molecule has 2 heterocycles. The predicted octanol–water partition coefficient (Wildman–Crippen LogP) is 3.88. The molecule has 22 heavy (non-hydrogen) atoms. The molecule has 0 spiro atoms. The van der Waals surface area contributed by atoms with Gasteiger partial charge in [-0.15, -0.1) is 0 Å². The largest absolute Gasteiger partial charge is 0.488 e. The molecule has 0 atom stereocenters. The number of benzene rings is 1. The lowest BCUT2D eigenvalue weighted by atomic mass is 9.96. The monoisotopic (exact) mass is 293 g/mol. The molecule has 112 valence electrons. The zero-order valence-corrected chi connectivity index (χ0v) is 12.9. The summed E-state index contributed by atoms with van der Waals surface area (Å²) < 4.78 is 8.03. The number of hydrogen-bond acceptors (Lipinski definition) is 3. The van der Waals surface area contributed by atoms with Gasteiger partial charge in [0.2, 0.25) is 0 Å². The first-order chi connectivity index (χ1) is 10.7. The highest BCUT2D eigenvalue weighted by molar-refractivity contribution is 5.92. The molecular weight excluding hydrogens is 274 g/mol. The first-order valence-electron chi connectivity index (χ1n) is 7.76. The Bertz CT molecular complexity index is 833. The van der Waals surface area contributed by atoms with Crippen molar-refractivity contribution in [2.75, 3.05) is 0 Å². The van der Waals surface area contributed by atoms with E-state index >= 15 is 0 Å². The van der Waals surface area contributed by atoms with Crippen LogP contribution >= 0.6 is 0 Å². The van der Waals surface area contributed by atoms with Crippen LogP contribution in [0.3, 0.4) is 0 Å². The summed E-state index contributed by atoms with van der Waals surface area (Å²) in [5.74, 6) is 0.938. The first-order valence-corrected chi connectivity index (χ1v) is 7.76. The molecule has 1 saturated carbocycles. The Labute approximate surface area is 129 Å². The Hall–Kier alpha value is -2.36. The second-order valence-corrected chi connectivity index (χ2v) is 6.05. The van der Waals surface area contributed by atoms with Gasteiger partial charge in [0.1, 0.15) is 5.75 Å². The molecule has 4 nitrogen and oxygen atoms in total. The van der Waals surface area contributed by atoms with Crippen molar-refractivity contribution in [3.05, 3.63) is 42.5 Å². The van der Waals surface area contributed by atoms with E-state index in [0.717, 1.165) is 46.2 Å². The lowest BCUT2D eigenvalue weighted by molar-refractivity contribution is 0.121. The SMILES string of the molecule is Cc1ncc2ccc(-c3cnn(C)c3)cc2c1OC1CCC1. The third-order valence-corrected chi connectivity index (χ3v) is 4.40. The van der Waals surface area contributed by atoms with Crippen LogP contribution in [0.25, 0.3) is 21.9 Å². The summed E-state index contributed by atoms with van der Waals surface area (Å²) in [6.45, 7) is 2.02. The van der Waals surface area contributed by atoms with Gasteiger partial charge < -0.3 is 4.74 Å². The molecule has 2 aromatic heterocycles. The van der Waals surface area contributed by atoms with Crippen LogP contribution in [0, 0.1) is 6.92 Å². The van der Waals surface area contributed by atoms with Gasteiger partial charge in [-0.3, -0.25) is 9.67 Å². The zero-order chi connectivity index (χ0) is 15.1. The van der Waals surface area contributed by atoms with Crippen LogP contribution in [0.4, 0.5) is 0 Å². The normalized spacial score (nSPS) is 15.0. The summed E-state index contributed by atoms with van der Waals surface area (Å²) in [6.07, 6.45) is 9.77. The van der Waals surface area contributed by atoms with Gasteiger partial charge in [-0.1, -0.05) is 12.1 Å². The lowest BCUT2D eigenvalue weighted by Gasteiger charge is -2.27. The van der Waals surface area contributed by atoms with Crippen molar-refractivity contribution in [1.82, 2.24) is 14.8 Å². The fourth-order valence-electron chi connectivity index (χ4n) is 2.84. The van der Waals surface area contributed by atoms with Gasteiger partial charge in [0.25, 0.3) is 0 Å². The van der Waals surface area contributed by atoms with Crippen LogP contribution in [0.2, 0.25) is 0 Å². The molecule has 1 aliphatic carbocycles. The summed E-state index contributed by atoms with van der Waals surface area (Å²) in [7, 11) is 1.93. The molecule has 1 fully saturated rings. The Morgan fingerprint density at radius 1 is 1.18 bits per heavy atom. The smallest absolute Gasteiger partial charge is 0.148 e. The third-order valence-electron chi connectivity index (χ3n) is 4.40. The van der Waals surface area contributed by atoms with Crippen molar-refractivity contribution in [3.63, 3.8) is 0 Å². The number of rotatable bonds is 3. The third kappa shape index (κ3) is 2.25. The van der Waals surface area contributed by atoms with Gasteiger partial charge in [-0.05, 0) is 37.8 Å². The second kappa shape index (κ2) is 5.13. The minimum Gasteiger partial charge on any atom is -0.488 e. The molecule has 4 rings (SSSR count). The molecule has 1 aromatic carbocycles. The Morgan fingerprint density at radius 3 is 2.73 bits per heavy atom. The van der Waals surface area contributed by atoms with E-state index in [1.54, 1.807) is 0 Å². The molecule has 0 bridgehead atoms.